The van der Waals surface area contributed by atoms with Crippen LogP contribution in [-0.2, 0) is 6.42 Å². The number of aryl methyl sites for hydroxylation is 2. The summed E-state index contributed by atoms with van der Waals surface area (Å²) in [5.41, 5.74) is 3.35. The van der Waals surface area contributed by atoms with Gasteiger partial charge in [0, 0.05) is 25.4 Å². The van der Waals surface area contributed by atoms with Gasteiger partial charge in [-0.15, -0.1) is 0 Å². The maximum atomic E-state index is 12.2. The van der Waals surface area contributed by atoms with Crippen molar-refractivity contribution in [2.75, 3.05) is 13.6 Å². The van der Waals surface area contributed by atoms with Crippen LogP contribution in [0.2, 0.25) is 0 Å². The fraction of sp³-hybridized carbons (Fsp3) is 0.400. The Kier molecular flexibility index (Phi) is 4.57. The Morgan fingerprint density at radius 3 is 2.71 bits per heavy atom. The zero-order valence-electron chi connectivity index (χ0n) is 12.6. The highest BCUT2D eigenvalue weighted by Gasteiger charge is 2.13. The number of aromatic amines is 2. The van der Waals surface area contributed by atoms with Gasteiger partial charge in [0.1, 0.15) is 5.69 Å². The molecule has 0 aliphatic rings. The van der Waals surface area contributed by atoms with Gasteiger partial charge in [-0.2, -0.15) is 5.10 Å². The summed E-state index contributed by atoms with van der Waals surface area (Å²) in [6.45, 7) is 4.60. The second kappa shape index (κ2) is 6.39. The standard InChI is InChI=1S/C15H20N4O2/c1-10-12(11(2)18-17-10)6-5-9-19(3)15(21)13-7-4-8-14(20)16-13/h4,7-8H,5-6,9H2,1-3H3,(H,16,20)(H,17,18). The molecular formula is C15H20N4O2. The monoisotopic (exact) mass is 288 g/mol. The molecule has 2 N–H and O–H groups in total. The fourth-order valence-electron chi connectivity index (χ4n) is 2.32. The van der Waals surface area contributed by atoms with Crippen LogP contribution in [-0.4, -0.2) is 39.6 Å². The molecule has 0 saturated heterocycles. The molecule has 0 saturated carbocycles. The van der Waals surface area contributed by atoms with E-state index in [0.717, 1.165) is 24.2 Å². The molecule has 2 aromatic heterocycles. The molecular weight excluding hydrogens is 268 g/mol. The van der Waals surface area contributed by atoms with Crippen molar-refractivity contribution in [1.29, 1.82) is 0 Å². The van der Waals surface area contributed by atoms with E-state index in [9.17, 15) is 9.59 Å². The highest BCUT2D eigenvalue weighted by molar-refractivity contribution is 5.91. The summed E-state index contributed by atoms with van der Waals surface area (Å²) in [5, 5.41) is 7.12. The minimum atomic E-state index is -0.265. The van der Waals surface area contributed by atoms with Crippen molar-refractivity contribution >= 4 is 5.91 Å². The third-order valence-corrected chi connectivity index (χ3v) is 3.55. The number of amides is 1. The smallest absolute Gasteiger partial charge is 0.270 e. The number of carbonyl (C=O) groups excluding carboxylic acids is 1. The summed E-state index contributed by atoms with van der Waals surface area (Å²) < 4.78 is 0. The summed E-state index contributed by atoms with van der Waals surface area (Å²) in [6.07, 6.45) is 1.72. The Morgan fingerprint density at radius 2 is 2.10 bits per heavy atom. The molecule has 0 aromatic carbocycles. The van der Waals surface area contributed by atoms with Crippen molar-refractivity contribution in [2.24, 2.45) is 0 Å². The first-order chi connectivity index (χ1) is 9.99. The van der Waals surface area contributed by atoms with Crippen LogP contribution >= 0.6 is 0 Å². The summed E-state index contributed by atoms with van der Waals surface area (Å²) in [5.74, 6) is -0.173. The summed E-state index contributed by atoms with van der Waals surface area (Å²) in [4.78, 5) is 27.6. The van der Waals surface area contributed by atoms with Crippen molar-refractivity contribution < 1.29 is 4.79 Å². The highest BCUT2D eigenvalue weighted by Crippen LogP contribution is 2.12. The molecule has 0 radical (unpaired) electrons. The molecule has 112 valence electrons. The molecule has 2 rings (SSSR count). The molecule has 0 atom stereocenters. The number of nitrogens with zero attached hydrogens (tertiary/aromatic N) is 2. The van der Waals surface area contributed by atoms with Crippen LogP contribution in [0, 0.1) is 13.8 Å². The van der Waals surface area contributed by atoms with Gasteiger partial charge in [0.25, 0.3) is 5.91 Å². The molecule has 2 aromatic rings. The molecule has 2 heterocycles. The Hall–Kier alpha value is -2.37. The first kappa shape index (κ1) is 15.0. The van der Waals surface area contributed by atoms with Gasteiger partial charge in [-0.05, 0) is 38.3 Å². The number of rotatable bonds is 5. The number of aromatic nitrogens is 3. The van der Waals surface area contributed by atoms with Crippen LogP contribution < -0.4 is 5.56 Å². The van der Waals surface area contributed by atoms with Gasteiger partial charge in [0.05, 0.1) is 5.69 Å². The SMILES string of the molecule is Cc1n[nH]c(C)c1CCCN(C)C(=O)c1cccc(=O)[nH]1. The molecule has 1 amide bonds. The van der Waals surface area contributed by atoms with E-state index in [1.807, 2.05) is 13.8 Å². The van der Waals surface area contributed by atoms with Crippen LogP contribution in [0.3, 0.4) is 0 Å². The second-order valence-electron chi connectivity index (χ2n) is 5.17. The number of carbonyl (C=O) groups is 1. The van der Waals surface area contributed by atoms with E-state index in [0.29, 0.717) is 12.2 Å². The van der Waals surface area contributed by atoms with E-state index in [1.54, 1.807) is 24.1 Å². The molecule has 0 spiro atoms. The van der Waals surface area contributed by atoms with E-state index >= 15 is 0 Å². The van der Waals surface area contributed by atoms with Crippen LogP contribution in [0.25, 0.3) is 0 Å². The molecule has 0 aliphatic heterocycles. The summed E-state index contributed by atoms with van der Waals surface area (Å²) >= 11 is 0. The van der Waals surface area contributed by atoms with Crippen molar-refractivity contribution in [3.63, 3.8) is 0 Å². The van der Waals surface area contributed by atoms with Gasteiger partial charge in [-0.1, -0.05) is 6.07 Å². The van der Waals surface area contributed by atoms with Gasteiger partial charge in [-0.3, -0.25) is 14.7 Å². The number of nitrogens with one attached hydrogen (secondary N) is 2. The first-order valence-corrected chi connectivity index (χ1v) is 6.94. The quantitative estimate of drug-likeness (QED) is 0.873. The van der Waals surface area contributed by atoms with Crippen molar-refractivity contribution in [2.45, 2.75) is 26.7 Å². The predicted octanol–water partition coefficient (Wildman–Crippen LogP) is 1.42. The maximum Gasteiger partial charge on any atom is 0.270 e. The van der Waals surface area contributed by atoms with Crippen molar-refractivity contribution in [3.05, 3.63) is 51.2 Å². The van der Waals surface area contributed by atoms with E-state index in [1.165, 1.54) is 11.6 Å². The van der Waals surface area contributed by atoms with Crippen LogP contribution in [0.1, 0.15) is 33.9 Å². The third kappa shape index (κ3) is 3.59. The zero-order valence-corrected chi connectivity index (χ0v) is 12.6. The predicted molar refractivity (Wildman–Crippen MR) is 80.4 cm³/mol. The van der Waals surface area contributed by atoms with E-state index in [-0.39, 0.29) is 11.5 Å². The van der Waals surface area contributed by atoms with E-state index in [2.05, 4.69) is 15.2 Å². The highest BCUT2D eigenvalue weighted by atomic mass is 16.2. The minimum absolute atomic E-state index is 0.173. The van der Waals surface area contributed by atoms with Gasteiger partial charge in [-0.25, -0.2) is 0 Å². The number of hydrogen-bond donors (Lipinski definition) is 2. The topological polar surface area (TPSA) is 81.8 Å². The lowest BCUT2D eigenvalue weighted by atomic mass is 10.1. The second-order valence-corrected chi connectivity index (χ2v) is 5.17. The number of hydrogen-bond acceptors (Lipinski definition) is 3. The Labute approximate surface area is 123 Å². The van der Waals surface area contributed by atoms with Crippen LogP contribution in [0.5, 0.6) is 0 Å². The number of pyridine rings is 1. The average molecular weight is 288 g/mol. The van der Waals surface area contributed by atoms with E-state index in [4.69, 9.17) is 0 Å². The fourth-order valence-corrected chi connectivity index (χ4v) is 2.32. The minimum Gasteiger partial charge on any atom is -0.340 e. The van der Waals surface area contributed by atoms with Gasteiger partial charge >= 0.3 is 0 Å². The molecule has 0 bridgehead atoms. The maximum absolute atomic E-state index is 12.2. The average Bonchev–Trinajstić information content (AvgIpc) is 2.78. The molecule has 0 fully saturated rings. The Balaban J connectivity index is 1.91. The van der Waals surface area contributed by atoms with Crippen molar-refractivity contribution in [1.82, 2.24) is 20.1 Å². The molecule has 0 aliphatic carbocycles. The van der Waals surface area contributed by atoms with E-state index < -0.39 is 0 Å². The lowest BCUT2D eigenvalue weighted by molar-refractivity contribution is 0.0787. The first-order valence-electron chi connectivity index (χ1n) is 6.94. The normalized spacial score (nSPS) is 10.6. The lowest BCUT2D eigenvalue weighted by Gasteiger charge is -2.16. The van der Waals surface area contributed by atoms with Gasteiger partial charge in [0.15, 0.2) is 0 Å². The zero-order chi connectivity index (χ0) is 15.4. The molecule has 6 nitrogen and oxygen atoms in total. The molecule has 0 unspecified atom stereocenters. The van der Waals surface area contributed by atoms with Crippen LogP contribution in [0.4, 0.5) is 0 Å². The van der Waals surface area contributed by atoms with Gasteiger partial charge in [0.2, 0.25) is 5.56 Å². The molecule has 6 heteroatoms. The third-order valence-electron chi connectivity index (χ3n) is 3.55. The lowest BCUT2D eigenvalue weighted by Crippen LogP contribution is -2.30. The summed E-state index contributed by atoms with van der Waals surface area (Å²) in [6, 6.07) is 4.59. The van der Waals surface area contributed by atoms with Gasteiger partial charge < -0.3 is 9.88 Å². The Bertz CT molecular complexity index is 667. The van der Waals surface area contributed by atoms with Crippen LogP contribution in [0.15, 0.2) is 23.0 Å². The Morgan fingerprint density at radius 1 is 1.33 bits per heavy atom. The summed E-state index contributed by atoms with van der Waals surface area (Å²) in [7, 11) is 1.74. The molecule has 21 heavy (non-hydrogen) atoms. The van der Waals surface area contributed by atoms with Crippen molar-refractivity contribution in [3.8, 4) is 0 Å². The number of H-pyrrole nitrogens is 2. The largest absolute Gasteiger partial charge is 0.340 e.